The minimum atomic E-state index is -1.94. The molecule has 2 aromatic carbocycles. The number of carbonyl (C=O) groups is 3. The quantitative estimate of drug-likeness (QED) is 0.149. The van der Waals surface area contributed by atoms with E-state index in [4.69, 9.17) is 28.4 Å². The molecule has 2 fully saturated rings. The Morgan fingerprint density at radius 2 is 1.65 bits per heavy atom. The largest absolute Gasteiger partial charge is 0.497 e. The number of nitrogens with zero attached hydrogens (tertiary/aromatic N) is 2. The second kappa shape index (κ2) is 22.2. The predicted molar refractivity (Wildman–Crippen MR) is 238 cm³/mol. The van der Waals surface area contributed by atoms with Crippen LogP contribution in [0, 0.1) is 24.7 Å². The maximum Gasteiger partial charge on any atom is 0.411 e. The summed E-state index contributed by atoms with van der Waals surface area (Å²) in [6.45, 7) is 16.1. The number of carbonyl (C=O) groups excluding carboxylic acids is 3. The Balaban J connectivity index is 1.76. The smallest absolute Gasteiger partial charge is 0.411 e. The van der Waals surface area contributed by atoms with E-state index >= 15 is 0 Å². The summed E-state index contributed by atoms with van der Waals surface area (Å²) in [4.78, 5) is 45.6. The van der Waals surface area contributed by atoms with Gasteiger partial charge in [0.25, 0.3) is 0 Å². The number of anilines is 1. The lowest BCUT2D eigenvalue weighted by Gasteiger charge is -2.47. The standard InChI is InChI=1S/C47H74N4O12/c1-14-37-47(9,57)41(63-44(54)48-25-33-18-20-35(58-13)21-19-33)32(7)51(12)26-28(3)24-46(8,56)40(62-43-38(52)36(50(10)11)23-29(4)59-43)30(5)39(31(6)42(53)60-37)61-45(55)49-34-17-15-16-27(2)22-34/h15-22,28-32,36-41,43,52,56-57H,14,23-26H2,1-13H3,(H,48,54)(H,49,55)/t28-,29-,30+,31-,32-,36+,37-,38-,39+,40-,41-,43+,46-,47-/m1/s1. The lowest BCUT2D eigenvalue weighted by molar-refractivity contribution is -0.299. The first-order chi connectivity index (χ1) is 29.5. The Kier molecular flexibility index (Phi) is 18.2. The minimum absolute atomic E-state index is 0.128. The van der Waals surface area contributed by atoms with Crippen LogP contribution in [0.5, 0.6) is 5.75 Å². The van der Waals surface area contributed by atoms with Crippen molar-refractivity contribution < 1.29 is 58.1 Å². The van der Waals surface area contributed by atoms with Gasteiger partial charge in [0.2, 0.25) is 0 Å². The van der Waals surface area contributed by atoms with Crippen LogP contribution in [0.2, 0.25) is 0 Å². The first kappa shape index (κ1) is 51.6. The van der Waals surface area contributed by atoms with Crippen LogP contribution < -0.4 is 15.4 Å². The van der Waals surface area contributed by atoms with E-state index in [0.717, 1.165) is 11.1 Å². The molecular formula is C47H74N4O12. The van der Waals surface area contributed by atoms with Crippen LogP contribution >= 0.6 is 0 Å². The Hall–Kier alpha value is -4.03. The van der Waals surface area contributed by atoms with Crippen LogP contribution in [0.4, 0.5) is 15.3 Å². The molecule has 4 rings (SSSR count). The number of ether oxygens (including phenoxy) is 6. The number of alkyl carbamates (subject to hydrolysis) is 1. The topological polar surface area (TPSA) is 198 Å². The molecule has 0 spiro atoms. The molecule has 5 N–H and O–H groups in total. The molecule has 0 saturated carbocycles. The Morgan fingerprint density at radius 1 is 0.984 bits per heavy atom. The SMILES string of the molecule is CC[C@H]1OC(=O)[C@H](C)[C@@H](OC(=O)Nc2cccc(C)c2)[C@H](C)[C@@H](O[C@@H]2O[C@H](C)C[C@H](N(C)C)[C@H]2O)[C@](C)(O)C[C@@H](C)CN(C)[C@H](C)[C@@H](OC(=O)NCc2ccc(OC)cc2)[C@]1(C)O. The number of cyclic esters (lactones) is 1. The minimum Gasteiger partial charge on any atom is -0.497 e. The van der Waals surface area contributed by atoms with Gasteiger partial charge in [-0.25, -0.2) is 9.59 Å². The molecule has 0 aromatic heterocycles. The molecular weight excluding hydrogens is 813 g/mol. The van der Waals surface area contributed by atoms with E-state index in [0.29, 0.717) is 24.4 Å². The molecule has 2 saturated heterocycles. The second-order valence-corrected chi connectivity index (χ2v) is 18.6. The van der Waals surface area contributed by atoms with Gasteiger partial charge < -0.3 is 54.0 Å². The number of benzene rings is 2. The van der Waals surface area contributed by atoms with E-state index in [2.05, 4.69) is 10.6 Å². The summed E-state index contributed by atoms with van der Waals surface area (Å²) in [5, 5.41) is 42.2. The Labute approximate surface area is 373 Å². The highest BCUT2D eigenvalue weighted by Crippen LogP contribution is 2.38. The van der Waals surface area contributed by atoms with E-state index in [1.807, 2.05) is 76.8 Å². The molecule has 16 heteroatoms. The maximum atomic E-state index is 14.5. The zero-order valence-electron chi connectivity index (χ0n) is 39.5. The number of amides is 2. The monoisotopic (exact) mass is 887 g/mol. The molecule has 2 aliphatic heterocycles. The van der Waals surface area contributed by atoms with Gasteiger partial charge in [-0.05, 0) is 123 Å². The number of rotatable bonds is 10. The normalized spacial score (nSPS) is 35.1. The first-order valence-corrected chi connectivity index (χ1v) is 22.1. The molecule has 2 aromatic rings. The molecule has 0 bridgehead atoms. The molecule has 2 heterocycles. The zero-order valence-corrected chi connectivity index (χ0v) is 39.5. The average Bonchev–Trinajstić information content (AvgIpc) is 3.21. The second-order valence-electron chi connectivity index (χ2n) is 18.6. The van der Waals surface area contributed by atoms with Gasteiger partial charge in [-0.1, -0.05) is 45.0 Å². The number of hydrogen-bond acceptors (Lipinski definition) is 14. The number of aryl methyl sites for hydroxylation is 1. The van der Waals surface area contributed by atoms with Crippen molar-refractivity contribution in [3.8, 4) is 5.75 Å². The van der Waals surface area contributed by atoms with Crippen LogP contribution in [0.25, 0.3) is 0 Å². The maximum absolute atomic E-state index is 14.5. The van der Waals surface area contributed by atoms with Gasteiger partial charge in [-0.15, -0.1) is 0 Å². The number of likely N-dealkylation sites (N-methyl/N-ethyl adjacent to an activating group) is 2. The van der Waals surface area contributed by atoms with Crippen molar-refractivity contribution in [3.63, 3.8) is 0 Å². The van der Waals surface area contributed by atoms with Crippen LogP contribution in [0.15, 0.2) is 48.5 Å². The zero-order chi connectivity index (χ0) is 47.0. The summed E-state index contributed by atoms with van der Waals surface area (Å²) in [7, 11) is 7.12. The van der Waals surface area contributed by atoms with Crippen molar-refractivity contribution in [1.29, 1.82) is 0 Å². The summed E-state index contributed by atoms with van der Waals surface area (Å²) < 4.78 is 36.5. The summed E-state index contributed by atoms with van der Waals surface area (Å²) in [6, 6.07) is 13.4. The predicted octanol–water partition coefficient (Wildman–Crippen LogP) is 5.48. The van der Waals surface area contributed by atoms with E-state index in [1.54, 1.807) is 65.1 Å². The lowest BCUT2D eigenvalue weighted by Crippen LogP contribution is -2.61. The summed E-state index contributed by atoms with van der Waals surface area (Å²) >= 11 is 0. The fourth-order valence-electron chi connectivity index (χ4n) is 9.20. The molecule has 2 amide bonds. The summed E-state index contributed by atoms with van der Waals surface area (Å²) in [6.07, 6.45) is -8.34. The first-order valence-electron chi connectivity index (χ1n) is 22.1. The summed E-state index contributed by atoms with van der Waals surface area (Å²) in [5.41, 5.74) is -1.45. The van der Waals surface area contributed by atoms with E-state index < -0.39 is 84.0 Å². The van der Waals surface area contributed by atoms with Crippen molar-refractivity contribution in [2.75, 3.05) is 40.1 Å². The third kappa shape index (κ3) is 13.5. The fraction of sp³-hybridized carbons (Fsp3) is 0.681. The Bertz CT molecular complexity index is 1790. The molecule has 14 atom stereocenters. The van der Waals surface area contributed by atoms with E-state index in [1.165, 1.54) is 6.92 Å². The third-order valence-electron chi connectivity index (χ3n) is 12.7. The molecule has 354 valence electrons. The van der Waals surface area contributed by atoms with Crippen LogP contribution in [-0.2, 0) is 35.0 Å². The van der Waals surface area contributed by atoms with Gasteiger partial charge >= 0.3 is 18.2 Å². The van der Waals surface area contributed by atoms with Crippen LogP contribution in [0.3, 0.4) is 0 Å². The highest BCUT2D eigenvalue weighted by atomic mass is 16.7. The van der Waals surface area contributed by atoms with Gasteiger partial charge in [-0.2, -0.15) is 0 Å². The van der Waals surface area contributed by atoms with Gasteiger partial charge in [0.1, 0.15) is 29.7 Å². The highest BCUT2D eigenvalue weighted by molar-refractivity contribution is 5.85. The average molecular weight is 887 g/mol. The third-order valence-corrected chi connectivity index (χ3v) is 12.7. The van der Waals surface area contributed by atoms with Crippen molar-refractivity contribution in [1.82, 2.24) is 15.1 Å². The Morgan fingerprint density at radius 3 is 2.25 bits per heavy atom. The number of esters is 1. The highest BCUT2D eigenvalue weighted by Gasteiger charge is 2.52. The number of aliphatic hydroxyl groups is 3. The summed E-state index contributed by atoms with van der Waals surface area (Å²) in [5.74, 6) is -2.52. The van der Waals surface area contributed by atoms with Gasteiger partial charge in [-0.3, -0.25) is 15.0 Å². The number of aliphatic hydroxyl groups excluding tert-OH is 1. The van der Waals surface area contributed by atoms with Crippen molar-refractivity contribution in [2.45, 2.75) is 154 Å². The van der Waals surface area contributed by atoms with Crippen LogP contribution in [0.1, 0.15) is 85.8 Å². The number of hydrogen-bond donors (Lipinski definition) is 5. The molecule has 16 nitrogen and oxygen atoms in total. The van der Waals surface area contributed by atoms with E-state index in [9.17, 15) is 29.7 Å². The lowest BCUT2D eigenvalue weighted by atomic mass is 9.77. The molecule has 63 heavy (non-hydrogen) atoms. The van der Waals surface area contributed by atoms with Crippen LogP contribution in [-0.4, -0.2) is 144 Å². The van der Waals surface area contributed by atoms with E-state index in [-0.39, 0.29) is 37.5 Å². The van der Waals surface area contributed by atoms with Gasteiger partial charge in [0.15, 0.2) is 12.4 Å². The van der Waals surface area contributed by atoms with Crippen molar-refractivity contribution in [3.05, 3.63) is 59.7 Å². The number of nitrogens with one attached hydrogen (secondary N) is 2. The number of methoxy groups -OCH3 is 1. The van der Waals surface area contributed by atoms with Crippen molar-refractivity contribution >= 4 is 23.8 Å². The van der Waals surface area contributed by atoms with Crippen molar-refractivity contribution in [2.24, 2.45) is 17.8 Å². The molecule has 0 unspecified atom stereocenters. The van der Waals surface area contributed by atoms with Gasteiger partial charge in [0, 0.05) is 36.8 Å². The van der Waals surface area contributed by atoms with Gasteiger partial charge in [0.05, 0.1) is 30.8 Å². The molecule has 2 aliphatic rings. The molecule has 0 aliphatic carbocycles. The molecule has 0 radical (unpaired) electrons. The fourth-order valence-corrected chi connectivity index (χ4v) is 9.20.